The minimum atomic E-state index is -0.569. The molecule has 5 N–H and O–H groups in total. The van der Waals surface area contributed by atoms with Crippen LogP contribution in [0.4, 0.5) is 5.69 Å². The van der Waals surface area contributed by atoms with Crippen molar-refractivity contribution in [2.45, 2.75) is 0 Å². The molecule has 0 saturated carbocycles. The van der Waals surface area contributed by atoms with Gasteiger partial charge in [0.2, 0.25) is 5.91 Å². The Balaban J connectivity index is 2.98. The van der Waals surface area contributed by atoms with Crippen molar-refractivity contribution in [2.75, 3.05) is 25.6 Å². The minimum absolute atomic E-state index is 0.311. The van der Waals surface area contributed by atoms with Crippen LogP contribution in [0, 0.1) is 0 Å². The Morgan fingerprint density at radius 2 is 2.00 bits per heavy atom. The molecule has 0 aliphatic rings. The van der Waals surface area contributed by atoms with Crippen molar-refractivity contribution in [1.29, 1.82) is 0 Å². The summed E-state index contributed by atoms with van der Waals surface area (Å²) in [5.74, 6) is -1.13. The molecule has 0 radical (unpaired) electrons. The molecule has 1 aromatic rings. The van der Waals surface area contributed by atoms with Crippen molar-refractivity contribution in [3.8, 4) is 0 Å². The third-order valence-electron chi connectivity index (χ3n) is 2.19. The van der Waals surface area contributed by atoms with Crippen LogP contribution in [-0.4, -0.2) is 32.1 Å². The average Bonchev–Trinajstić information content (AvgIpc) is 2.28. The summed E-state index contributed by atoms with van der Waals surface area (Å²) < 4.78 is 4.87. The standard InChI is InChI=1S/C11H15N3O3/c1-17-5-4-14-9-6-7(10(12)15)2-3-8(9)11(13)16/h2-3,6,14H,4-5H2,1H3,(H2,12,15)(H2,13,16). The summed E-state index contributed by atoms with van der Waals surface area (Å²) in [4.78, 5) is 22.2. The van der Waals surface area contributed by atoms with Crippen molar-refractivity contribution in [2.24, 2.45) is 11.5 Å². The second-order valence-electron chi connectivity index (χ2n) is 3.41. The van der Waals surface area contributed by atoms with Crippen LogP contribution in [0.25, 0.3) is 0 Å². The fourth-order valence-electron chi connectivity index (χ4n) is 1.35. The van der Waals surface area contributed by atoms with E-state index < -0.39 is 11.8 Å². The number of rotatable bonds is 6. The van der Waals surface area contributed by atoms with E-state index >= 15 is 0 Å². The molecule has 2 amide bonds. The van der Waals surface area contributed by atoms with Gasteiger partial charge < -0.3 is 21.5 Å². The Bertz CT molecular complexity index is 432. The molecule has 0 spiro atoms. The lowest BCUT2D eigenvalue weighted by Gasteiger charge is -2.10. The number of ether oxygens (including phenoxy) is 1. The van der Waals surface area contributed by atoms with Gasteiger partial charge in [-0.05, 0) is 18.2 Å². The van der Waals surface area contributed by atoms with E-state index in [2.05, 4.69) is 5.32 Å². The summed E-state index contributed by atoms with van der Waals surface area (Å²) >= 11 is 0. The molecule has 0 fully saturated rings. The van der Waals surface area contributed by atoms with Gasteiger partial charge in [0.05, 0.1) is 12.2 Å². The lowest BCUT2D eigenvalue weighted by molar-refractivity contribution is 0.0989. The molecule has 0 saturated heterocycles. The van der Waals surface area contributed by atoms with Gasteiger partial charge in [0, 0.05) is 24.9 Å². The second-order valence-corrected chi connectivity index (χ2v) is 3.41. The Morgan fingerprint density at radius 3 is 2.53 bits per heavy atom. The molecule has 6 nitrogen and oxygen atoms in total. The predicted octanol–water partition coefficient (Wildman–Crippen LogP) is -0.0573. The number of amides is 2. The Morgan fingerprint density at radius 1 is 1.29 bits per heavy atom. The number of primary amides is 2. The van der Waals surface area contributed by atoms with E-state index in [1.54, 1.807) is 7.11 Å². The molecule has 0 aliphatic heterocycles. The molecule has 1 rings (SSSR count). The maximum Gasteiger partial charge on any atom is 0.250 e. The molecular weight excluding hydrogens is 222 g/mol. The van der Waals surface area contributed by atoms with Gasteiger partial charge in [0.25, 0.3) is 5.91 Å². The Hall–Kier alpha value is -2.08. The summed E-state index contributed by atoms with van der Waals surface area (Å²) in [6, 6.07) is 4.43. The van der Waals surface area contributed by atoms with Crippen LogP contribution in [0.2, 0.25) is 0 Å². The zero-order valence-corrected chi connectivity index (χ0v) is 9.53. The van der Waals surface area contributed by atoms with Gasteiger partial charge in [-0.2, -0.15) is 0 Å². The fourth-order valence-corrected chi connectivity index (χ4v) is 1.35. The van der Waals surface area contributed by atoms with Crippen molar-refractivity contribution in [3.63, 3.8) is 0 Å². The van der Waals surface area contributed by atoms with Crippen molar-refractivity contribution in [1.82, 2.24) is 0 Å². The minimum Gasteiger partial charge on any atom is -0.383 e. The van der Waals surface area contributed by atoms with Crippen molar-refractivity contribution >= 4 is 17.5 Å². The second kappa shape index (κ2) is 5.86. The molecule has 0 aromatic heterocycles. The number of nitrogens with two attached hydrogens (primary N) is 2. The summed E-state index contributed by atoms with van der Waals surface area (Å²) in [7, 11) is 1.57. The SMILES string of the molecule is COCCNc1cc(C(N)=O)ccc1C(N)=O. The zero-order valence-electron chi connectivity index (χ0n) is 9.53. The van der Waals surface area contributed by atoms with Gasteiger partial charge in [-0.1, -0.05) is 0 Å². The number of carbonyl (C=O) groups is 2. The number of benzene rings is 1. The number of carbonyl (C=O) groups excluding carboxylic acids is 2. The number of hydrogen-bond acceptors (Lipinski definition) is 4. The molecule has 92 valence electrons. The number of methoxy groups -OCH3 is 1. The summed E-state index contributed by atoms with van der Waals surface area (Å²) in [5.41, 5.74) is 11.5. The predicted molar refractivity (Wildman–Crippen MR) is 63.8 cm³/mol. The van der Waals surface area contributed by atoms with E-state index in [0.717, 1.165) is 0 Å². The first kappa shape index (κ1) is 13.0. The maximum atomic E-state index is 11.2. The number of hydrogen-bond donors (Lipinski definition) is 3. The van der Waals surface area contributed by atoms with Crippen LogP contribution >= 0.6 is 0 Å². The fraction of sp³-hybridized carbons (Fsp3) is 0.273. The third kappa shape index (κ3) is 3.46. The van der Waals surface area contributed by atoms with Crippen LogP contribution in [0.1, 0.15) is 20.7 Å². The van der Waals surface area contributed by atoms with E-state index in [9.17, 15) is 9.59 Å². The molecule has 0 aliphatic carbocycles. The van der Waals surface area contributed by atoms with Crippen LogP contribution in [0.15, 0.2) is 18.2 Å². The van der Waals surface area contributed by atoms with Gasteiger partial charge in [0.15, 0.2) is 0 Å². The molecule has 0 bridgehead atoms. The summed E-state index contributed by atoms with van der Waals surface area (Å²) in [6.07, 6.45) is 0. The highest BCUT2D eigenvalue weighted by atomic mass is 16.5. The molecule has 0 unspecified atom stereocenters. The van der Waals surface area contributed by atoms with Crippen LogP contribution < -0.4 is 16.8 Å². The van der Waals surface area contributed by atoms with Gasteiger partial charge in [-0.25, -0.2) is 0 Å². The molecule has 17 heavy (non-hydrogen) atoms. The highest BCUT2D eigenvalue weighted by Crippen LogP contribution is 2.17. The molecule has 0 heterocycles. The lowest BCUT2D eigenvalue weighted by atomic mass is 10.1. The van der Waals surface area contributed by atoms with Crippen LogP contribution in [0.5, 0.6) is 0 Å². The first-order chi connectivity index (χ1) is 8.06. The van der Waals surface area contributed by atoms with Crippen molar-refractivity contribution < 1.29 is 14.3 Å². The van der Waals surface area contributed by atoms with E-state index in [1.807, 2.05) is 0 Å². The lowest BCUT2D eigenvalue weighted by Crippen LogP contribution is -2.18. The van der Waals surface area contributed by atoms with E-state index in [-0.39, 0.29) is 0 Å². The first-order valence-corrected chi connectivity index (χ1v) is 5.02. The highest BCUT2D eigenvalue weighted by Gasteiger charge is 2.10. The largest absolute Gasteiger partial charge is 0.383 e. The van der Waals surface area contributed by atoms with E-state index in [0.29, 0.717) is 30.0 Å². The molecule has 6 heteroatoms. The monoisotopic (exact) mass is 237 g/mol. The van der Waals surface area contributed by atoms with Gasteiger partial charge in [0.1, 0.15) is 0 Å². The van der Waals surface area contributed by atoms with E-state index in [1.165, 1.54) is 18.2 Å². The third-order valence-corrected chi connectivity index (χ3v) is 2.19. The normalized spacial score (nSPS) is 9.94. The van der Waals surface area contributed by atoms with Gasteiger partial charge in [-0.15, -0.1) is 0 Å². The number of anilines is 1. The topological polar surface area (TPSA) is 107 Å². The zero-order chi connectivity index (χ0) is 12.8. The van der Waals surface area contributed by atoms with E-state index in [4.69, 9.17) is 16.2 Å². The Kier molecular flexibility index (Phi) is 4.47. The molecule has 0 atom stereocenters. The smallest absolute Gasteiger partial charge is 0.250 e. The van der Waals surface area contributed by atoms with Crippen molar-refractivity contribution in [3.05, 3.63) is 29.3 Å². The molecular formula is C11H15N3O3. The first-order valence-electron chi connectivity index (χ1n) is 5.02. The highest BCUT2D eigenvalue weighted by molar-refractivity contribution is 6.01. The van der Waals surface area contributed by atoms with Crippen LogP contribution in [-0.2, 0) is 4.74 Å². The maximum absolute atomic E-state index is 11.2. The summed E-state index contributed by atoms with van der Waals surface area (Å²) in [5, 5.41) is 2.96. The Labute approximate surface area is 98.9 Å². The average molecular weight is 237 g/mol. The summed E-state index contributed by atoms with van der Waals surface area (Å²) in [6.45, 7) is 0.970. The van der Waals surface area contributed by atoms with Gasteiger partial charge in [-0.3, -0.25) is 9.59 Å². The number of nitrogens with one attached hydrogen (secondary N) is 1. The quantitative estimate of drug-likeness (QED) is 0.602. The van der Waals surface area contributed by atoms with Gasteiger partial charge >= 0.3 is 0 Å². The molecule has 1 aromatic carbocycles. The van der Waals surface area contributed by atoms with Crippen LogP contribution in [0.3, 0.4) is 0 Å².